The standard InChI is InChI=1S/C12H14ClNO2/c13-10-4-2-1-3-9(10)7-12(11(15)16)5-6-14-8-12/h1-4,14H,5-8H2,(H,15,16). The van der Waals surface area contributed by atoms with Gasteiger partial charge in [0, 0.05) is 11.6 Å². The van der Waals surface area contributed by atoms with Crippen LogP contribution in [0.5, 0.6) is 0 Å². The Kier molecular flexibility index (Phi) is 3.17. The van der Waals surface area contributed by atoms with Gasteiger partial charge in [0.2, 0.25) is 0 Å². The topological polar surface area (TPSA) is 49.3 Å². The van der Waals surface area contributed by atoms with Crippen molar-refractivity contribution in [1.82, 2.24) is 5.32 Å². The third kappa shape index (κ3) is 2.06. The molecular formula is C12H14ClNO2. The second-order valence-electron chi connectivity index (χ2n) is 4.28. The minimum atomic E-state index is -0.739. The zero-order valence-corrected chi connectivity index (χ0v) is 9.63. The third-order valence-corrected chi connectivity index (χ3v) is 3.55. The maximum atomic E-state index is 11.4. The average molecular weight is 240 g/mol. The normalized spacial score (nSPS) is 24.6. The number of rotatable bonds is 3. The van der Waals surface area contributed by atoms with Crippen LogP contribution in [0.4, 0.5) is 0 Å². The van der Waals surface area contributed by atoms with E-state index in [-0.39, 0.29) is 0 Å². The van der Waals surface area contributed by atoms with Crippen LogP contribution < -0.4 is 5.32 Å². The van der Waals surface area contributed by atoms with E-state index in [0.29, 0.717) is 24.4 Å². The molecule has 4 heteroatoms. The van der Waals surface area contributed by atoms with Crippen molar-refractivity contribution in [3.05, 3.63) is 34.9 Å². The van der Waals surface area contributed by atoms with Gasteiger partial charge < -0.3 is 10.4 Å². The molecule has 1 unspecified atom stereocenters. The first-order chi connectivity index (χ1) is 7.64. The van der Waals surface area contributed by atoms with Crippen molar-refractivity contribution < 1.29 is 9.90 Å². The van der Waals surface area contributed by atoms with Crippen molar-refractivity contribution in [3.8, 4) is 0 Å². The summed E-state index contributed by atoms with van der Waals surface area (Å²) in [5.74, 6) is -0.739. The Labute approximate surface area is 99.4 Å². The van der Waals surface area contributed by atoms with Crippen LogP contribution in [-0.4, -0.2) is 24.2 Å². The minimum Gasteiger partial charge on any atom is -0.481 e. The fraction of sp³-hybridized carbons (Fsp3) is 0.417. The third-order valence-electron chi connectivity index (χ3n) is 3.18. The van der Waals surface area contributed by atoms with E-state index in [0.717, 1.165) is 12.1 Å². The number of halogens is 1. The second-order valence-corrected chi connectivity index (χ2v) is 4.69. The molecule has 1 heterocycles. The Morgan fingerprint density at radius 1 is 1.50 bits per heavy atom. The molecule has 0 spiro atoms. The molecule has 0 amide bonds. The molecular weight excluding hydrogens is 226 g/mol. The molecule has 0 aliphatic carbocycles. The highest BCUT2D eigenvalue weighted by Gasteiger charge is 2.41. The number of hydrogen-bond donors (Lipinski definition) is 2. The van der Waals surface area contributed by atoms with Crippen LogP contribution in [0.1, 0.15) is 12.0 Å². The molecule has 0 bridgehead atoms. The van der Waals surface area contributed by atoms with Crippen molar-refractivity contribution in [1.29, 1.82) is 0 Å². The second kappa shape index (κ2) is 4.44. The molecule has 0 saturated carbocycles. The summed E-state index contributed by atoms with van der Waals surface area (Å²) < 4.78 is 0. The molecule has 1 aliphatic rings. The Hall–Kier alpha value is -1.06. The zero-order chi connectivity index (χ0) is 11.6. The largest absolute Gasteiger partial charge is 0.481 e. The summed E-state index contributed by atoms with van der Waals surface area (Å²) in [5.41, 5.74) is 0.223. The fourth-order valence-electron chi connectivity index (χ4n) is 2.16. The molecule has 16 heavy (non-hydrogen) atoms. The number of carbonyl (C=O) groups is 1. The van der Waals surface area contributed by atoms with E-state index in [9.17, 15) is 9.90 Å². The first-order valence-corrected chi connectivity index (χ1v) is 5.69. The molecule has 1 saturated heterocycles. The molecule has 2 rings (SSSR count). The van der Waals surface area contributed by atoms with E-state index in [1.54, 1.807) is 6.07 Å². The Morgan fingerprint density at radius 3 is 2.81 bits per heavy atom. The lowest BCUT2D eigenvalue weighted by Crippen LogP contribution is -2.35. The highest BCUT2D eigenvalue weighted by Crippen LogP contribution is 2.32. The van der Waals surface area contributed by atoms with Gasteiger partial charge in [0.25, 0.3) is 0 Å². The van der Waals surface area contributed by atoms with Crippen LogP contribution in [0.3, 0.4) is 0 Å². The molecule has 1 aromatic rings. The molecule has 1 atom stereocenters. The van der Waals surface area contributed by atoms with Crippen LogP contribution in [0.15, 0.2) is 24.3 Å². The Bertz CT molecular complexity index is 400. The summed E-state index contributed by atoms with van der Waals surface area (Å²) in [6.45, 7) is 1.28. The van der Waals surface area contributed by atoms with E-state index >= 15 is 0 Å². The van der Waals surface area contributed by atoms with Gasteiger partial charge in [-0.15, -0.1) is 0 Å². The number of carboxylic acid groups (broad SMARTS) is 1. The smallest absolute Gasteiger partial charge is 0.311 e. The fourth-order valence-corrected chi connectivity index (χ4v) is 2.36. The van der Waals surface area contributed by atoms with Crippen LogP contribution in [0, 0.1) is 5.41 Å². The molecule has 2 N–H and O–H groups in total. The van der Waals surface area contributed by atoms with Crippen LogP contribution in [0.2, 0.25) is 5.02 Å². The van der Waals surface area contributed by atoms with Gasteiger partial charge in [-0.25, -0.2) is 0 Å². The molecule has 1 fully saturated rings. The van der Waals surface area contributed by atoms with Gasteiger partial charge in [-0.1, -0.05) is 29.8 Å². The zero-order valence-electron chi connectivity index (χ0n) is 8.87. The number of carboxylic acids is 1. The van der Waals surface area contributed by atoms with Gasteiger partial charge in [-0.05, 0) is 31.0 Å². The number of nitrogens with one attached hydrogen (secondary N) is 1. The van der Waals surface area contributed by atoms with Gasteiger partial charge in [0.15, 0.2) is 0 Å². The summed E-state index contributed by atoms with van der Waals surface area (Å²) in [7, 11) is 0. The van der Waals surface area contributed by atoms with Gasteiger partial charge >= 0.3 is 5.97 Å². The molecule has 0 radical (unpaired) electrons. The van der Waals surface area contributed by atoms with Gasteiger partial charge in [-0.2, -0.15) is 0 Å². The lowest BCUT2D eigenvalue weighted by molar-refractivity contribution is -0.147. The van der Waals surface area contributed by atoms with Gasteiger partial charge in [0.05, 0.1) is 5.41 Å². The first kappa shape index (κ1) is 11.4. The average Bonchev–Trinajstić information content (AvgIpc) is 2.71. The van der Waals surface area contributed by atoms with Crippen LogP contribution >= 0.6 is 11.6 Å². The molecule has 0 aromatic heterocycles. The van der Waals surface area contributed by atoms with E-state index in [2.05, 4.69) is 5.32 Å². The van der Waals surface area contributed by atoms with Crippen LogP contribution in [-0.2, 0) is 11.2 Å². The molecule has 3 nitrogen and oxygen atoms in total. The van der Waals surface area contributed by atoms with Crippen LogP contribution in [0.25, 0.3) is 0 Å². The van der Waals surface area contributed by atoms with Crippen molar-refractivity contribution >= 4 is 17.6 Å². The van der Waals surface area contributed by atoms with Gasteiger partial charge in [-0.3, -0.25) is 4.79 Å². The lowest BCUT2D eigenvalue weighted by atomic mass is 9.81. The summed E-state index contributed by atoms with van der Waals surface area (Å²) >= 11 is 6.06. The maximum Gasteiger partial charge on any atom is 0.311 e. The molecule has 86 valence electrons. The Morgan fingerprint density at radius 2 is 2.25 bits per heavy atom. The molecule has 1 aromatic carbocycles. The summed E-state index contributed by atoms with van der Waals surface area (Å²) in [5, 5.41) is 13.1. The number of aliphatic carboxylic acids is 1. The van der Waals surface area contributed by atoms with Crippen molar-refractivity contribution in [2.45, 2.75) is 12.8 Å². The maximum absolute atomic E-state index is 11.4. The van der Waals surface area contributed by atoms with Gasteiger partial charge in [0.1, 0.15) is 0 Å². The van der Waals surface area contributed by atoms with E-state index in [1.165, 1.54) is 0 Å². The minimum absolute atomic E-state index is 0.495. The van der Waals surface area contributed by atoms with E-state index in [1.807, 2.05) is 18.2 Å². The Balaban J connectivity index is 2.25. The SMILES string of the molecule is O=C(O)C1(Cc2ccccc2Cl)CCNC1. The highest BCUT2D eigenvalue weighted by molar-refractivity contribution is 6.31. The van der Waals surface area contributed by atoms with E-state index < -0.39 is 11.4 Å². The first-order valence-electron chi connectivity index (χ1n) is 5.32. The van der Waals surface area contributed by atoms with Crippen molar-refractivity contribution in [3.63, 3.8) is 0 Å². The quantitative estimate of drug-likeness (QED) is 0.848. The number of hydrogen-bond acceptors (Lipinski definition) is 2. The monoisotopic (exact) mass is 239 g/mol. The summed E-state index contributed by atoms with van der Waals surface area (Å²) in [4.78, 5) is 11.4. The van der Waals surface area contributed by atoms with E-state index in [4.69, 9.17) is 11.6 Å². The predicted octanol–water partition coefficient (Wildman–Crippen LogP) is 1.95. The lowest BCUT2D eigenvalue weighted by Gasteiger charge is -2.23. The molecule has 1 aliphatic heterocycles. The predicted molar refractivity (Wildman–Crippen MR) is 62.7 cm³/mol. The van der Waals surface area contributed by atoms with Crippen molar-refractivity contribution in [2.24, 2.45) is 5.41 Å². The highest BCUT2D eigenvalue weighted by atomic mass is 35.5. The summed E-state index contributed by atoms with van der Waals surface area (Å²) in [6.07, 6.45) is 1.16. The van der Waals surface area contributed by atoms with Crippen molar-refractivity contribution in [2.75, 3.05) is 13.1 Å². The summed E-state index contributed by atoms with van der Waals surface area (Å²) in [6, 6.07) is 7.44. The number of benzene rings is 1.